The van der Waals surface area contributed by atoms with E-state index in [0.29, 0.717) is 5.92 Å². The zero-order valence-electron chi connectivity index (χ0n) is 11.3. The van der Waals surface area contributed by atoms with Crippen molar-refractivity contribution in [2.24, 2.45) is 5.92 Å². The van der Waals surface area contributed by atoms with Gasteiger partial charge in [0, 0.05) is 28.6 Å². The molecule has 1 aliphatic heterocycles. The van der Waals surface area contributed by atoms with Crippen LogP contribution < -0.4 is 5.32 Å². The average Bonchev–Trinajstić information content (AvgIpc) is 2.42. The molecule has 0 spiro atoms. The monoisotopic (exact) mass is 345 g/mol. The highest BCUT2D eigenvalue weighted by molar-refractivity contribution is 9.10. The number of hydrogen-bond acceptors (Lipinski definition) is 2. The molecule has 0 saturated carbocycles. The molecule has 1 saturated heterocycles. The summed E-state index contributed by atoms with van der Waals surface area (Å²) in [4.78, 5) is 0. The average molecular weight is 347 g/mol. The molecule has 0 aliphatic carbocycles. The van der Waals surface area contributed by atoms with Gasteiger partial charge in [0.1, 0.15) is 0 Å². The lowest BCUT2D eigenvalue weighted by atomic mass is 9.89. The van der Waals surface area contributed by atoms with Gasteiger partial charge in [-0.3, -0.25) is 0 Å². The van der Waals surface area contributed by atoms with Crippen LogP contribution in [0.2, 0.25) is 5.02 Å². The van der Waals surface area contributed by atoms with E-state index >= 15 is 0 Å². The number of nitrogens with one attached hydrogen (secondary N) is 1. The van der Waals surface area contributed by atoms with E-state index in [4.69, 9.17) is 16.3 Å². The number of benzene rings is 1. The van der Waals surface area contributed by atoms with Crippen molar-refractivity contribution in [1.82, 2.24) is 5.32 Å². The number of hydrogen-bond donors (Lipinski definition) is 1. The standard InChI is InChI=1S/C15H21BrClNO/c1-2-7-18-10-11-4-3-8-19-15(11)13-9-12(17)5-6-14(13)16/h5-6,9,11,15,18H,2-4,7-8,10H2,1H3. The van der Waals surface area contributed by atoms with Crippen LogP contribution in [-0.4, -0.2) is 19.7 Å². The Labute approximate surface area is 129 Å². The summed E-state index contributed by atoms with van der Waals surface area (Å²) < 4.78 is 7.10. The van der Waals surface area contributed by atoms with Crippen molar-refractivity contribution in [2.45, 2.75) is 32.3 Å². The second-order valence-corrected chi connectivity index (χ2v) is 6.35. The summed E-state index contributed by atoms with van der Waals surface area (Å²) in [5, 5.41) is 4.28. The van der Waals surface area contributed by atoms with E-state index in [2.05, 4.69) is 28.2 Å². The molecule has 0 aromatic heterocycles. The van der Waals surface area contributed by atoms with Gasteiger partial charge in [-0.1, -0.05) is 34.5 Å². The Kier molecular flexibility index (Phi) is 6.14. The summed E-state index contributed by atoms with van der Waals surface area (Å²) in [6.07, 6.45) is 3.67. The fourth-order valence-electron chi connectivity index (χ4n) is 2.59. The quantitative estimate of drug-likeness (QED) is 0.789. The summed E-state index contributed by atoms with van der Waals surface area (Å²) in [5.41, 5.74) is 1.18. The first-order valence-electron chi connectivity index (χ1n) is 6.99. The Morgan fingerprint density at radius 3 is 3.11 bits per heavy atom. The Bertz CT molecular complexity index is 413. The van der Waals surface area contributed by atoms with Crippen LogP contribution in [0.3, 0.4) is 0 Å². The lowest BCUT2D eigenvalue weighted by Crippen LogP contribution is -2.32. The largest absolute Gasteiger partial charge is 0.373 e. The van der Waals surface area contributed by atoms with Gasteiger partial charge in [-0.05, 0) is 49.6 Å². The molecular formula is C15H21BrClNO. The molecule has 0 bridgehead atoms. The summed E-state index contributed by atoms with van der Waals surface area (Å²) in [6, 6.07) is 5.93. The molecule has 4 heteroatoms. The molecule has 1 aliphatic rings. The smallest absolute Gasteiger partial charge is 0.0876 e. The molecular weight excluding hydrogens is 326 g/mol. The van der Waals surface area contributed by atoms with E-state index in [1.54, 1.807) is 0 Å². The molecule has 1 aromatic carbocycles. The van der Waals surface area contributed by atoms with E-state index < -0.39 is 0 Å². The zero-order valence-corrected chi connectivity index (χ0v) is 13.6. The van der Waals surface area contributed by atoms with Gasteiger partial charge < -0.3 is 10.1 Å². The van der Waals surface area contributed by atoms with Crippen LogP contribution in [0.15, 0.2) is 22.7 Å². The minimum Gasteiger partial charge on any atom is -0.373 e. The lowest BCUT2D eigenvalue weighted by Gasteiger charge is -2.33. The highest BCUT2D eigenvalue weighted by Crippen LogP contribution is 2.37. The fourth-order valence-corrected chi connectivity index (χ4v) is 3.25. The topological polar surface area (TPSA) is 21.3 Å². The molecule has 1 heterocycles. The number of halogens is 2. The molecule has 106 valence electrons. The molecule has 0 amide bonds. The molecule has 1 N–H and O–H groups in total. The Balaban J connectivity index is 2.11. The first kappa shape index (κ1) is 15.3. The Morgan fingerprint density at radius 1 is 1.47 bits per heavy atom. The van der Waals surface area contributed by atoms with Crippen LogP contribution in [0.1, 0.15) is 37.9 Å². The molecule has 1 aromatic rings. The highest BCUT2D eigenvalue weighted by atomic mass is 79.9. The van der Waals surface area contributed by atoms with E-state index in [1.807, 2.05) is 18.2 Å². The highest BCUT2D eigenvalue weighted by Gasteiger charge is 2.28. The van der Waals surface area contributed by atoms with Crippen LogP contribution in [-0.2, 0) is 4.74 Å². The second kappa shape index (κ2) is 7.63. The van der Waals surface area contributed by atoms with Crippen LogP contribution in [0.25, 0.3) is 0 Å². The lowest BCUT2D eigenvalue weighted by molar-refractivity contribution is -0.0281. The van der Waals surface area contributed by atoms with Crippen molar-refractivity contribution in [3.05, 3.63) is 33.3 Å². The van der Waals surface area contributed by atoms with Crippen molar-refractivity contribution in [2.75, 3.05) is 19.7 Å². The molecule has 2 atom stereocenters. The third-order valence-corrected chi connectivity index (χ3v) is 4.50. The minimum absolute atomic E-state index is 0.145. The molecule has 2 rings (SSSR count). The van der Waals surface area contributed by atoms with Gasteiger partial charge in [0.2, 0.25) is 0 Å². The zero-order chi connectivity index (χ0) is 13.7. The van der Waals surface area contributed by atoms with Gasteiger partial charge >= 0.3 is 0 Å². The van der Waals surface area contributed by atoms with Crippen molar-refractivity contribution in [3.63, 3.8) is 0 Å². The third kappa shape index (κ3) is 4.19. The number of rotatable bonds is 5. The molecule has 2 unspecified atom stereocenters. The van der Waals surface area contributed by atoms with Crippen molar-refractivity contribution in [3.8, 4) is 0 Å². The summed E-state index contributed by atoms with van der Waals surface area (Å²) in [7, 11) is 0. The van der Waals surface area contributed by atoms with E-state index in [9.17, 15) is 0 Å². The molecule has 2 nitrogen and oxygen atoms in total. The number of ether oxygens (including phenoxy) is 1. The van der Waals surface area contributed by atoms with Gasteiger partial charge in [0.25, 0.3) is 0 Å². The summed E-state index contributed by atoms with van der Waals surface area (Å²) in [6.45, 7) is 5.11. The SMILES string of the molecule is CCCNCC1CCCOC1c1cc(Cl)ccc1Br. The first-order chi connectivity index (χ1) is 9.22. The minimum atomic E-state index is 0.145. The Morgan fingerprint density at radius 2 is 2.32 bits per heavy atom. The van der Waals surface area contributed by atoms with Crippen LogP contribution in [0.5, 0.6) is 0 Å². The molecule has 0 radical (unpaired) electrons. The molecule has 1 fully saturated rings. The third-order valence-electron chi connectivity index (χ3n) is 3.54. The second-order valence-electron chi connectivity index (χ2n) is 5.06. The first-order valence-corrected chi connectivity index (χ1v) is 8.16. The maximum Gasteiger partial charge on any atom is 0.0876 e. The van der Waals surface area contributed by atoms with Crippen molar-refractivity contribution >= 4 is 27.5 Å². The molecule has 19 heavy (non-hydrogen) atoms. The van der Waals surface area contributed by atoms with E-state index in [1.165, 1.54) is 18.4 Å². The summed E-state index contributed by atoms with van der Waals surface area (Å²) >= 11 is 9.73. The van der Waals surface area contributed by atoms with E-state index in [0.717, 1.165) is 35.6 Å². The maximum absolute atomic E-state index is 6.12. The van der Waals surface area contributed by atoms with Crippen molar-refractivity contribution < 1.29 is 4.74 Å². The normalized spacial score (nSPS) is 23.5. The Hall–Kier alpha value is -0.0900. The summed E-state index contributed by atoms with van der Waals surface area (Å²) in [5.74, 6) is 0.523. The van der Waals surface area contributed by atoms with E-state index in [-0.39, 0.29) is 6.10 Å². The van der Waals surface area contributed by atoms with Gasteiger partial charge in [0.05, 0.1) is 6.10 Å². The van der Waals surface area contributed by atoms with Crippen molar-refractivity contribution in [1.29, 1.82) is 0 Å². The predicted molar refractivity (Wildman–Crippen MR) is 83.7 cm³/mol. The van der Waals surface area contributed by atoms with Gasteiger partial charge in [0.15, 0.2) is 0 Å². The van der Waals surface area contributed by atoms with Gasteiger partial charge in [-0.15, -0.1) is 0 Å². The predicted octanol–water partition coefficient (Wildman–Crippen LogP) is 4.57. The van der Waals surface area contributed by atoms with Crippen LogP contribution in [0.4, 0.5) is 0 Å². The maximum atomic E-state index is 6.12. The van der Waals surface area contributed by atoms with Gasteiger partial charge in [-0.25, -0.2) is 0 Å². The van der Waals surface area contributed by atoms with Gasteiger partial charge in [-0.2, -0.15) is 0 Å². The van der Waals surface area contributed by atoms with Crippen LogP contribution in [0, 0.1) is 5.92 Å². The van der Waals surface area contributed by atoms with Crippen LogP contribution >= 0.6 is 27.5 Å². The fraction of sp³-hybridized carbons (Fsp3) is 0.600.